The molecule has 0 saturated carbocycles. The molecule has 94 valence electrons. The molecule has 1 aromatic carbocycles. The summed E-state index contributed by atoms with van der Waals surface area (Å²) < 4.78 is 0. The Balaban J connectivity index is 2.10. The fraction of sp³-hybridized carbons (Fsp3) is 0.267. The van der Waals surface area contributed by atoms with E-state index in [2.05, 4.69) is 12.2 Å². The zero-order valence-corrected chi connectivity index (χ0v) is 11.5. The Bertz CT molecular complexity index is 518. The third-order valence-electron chi connectivity index (χ3n) is 2.88. The Hall–Kier alpha value is -1.61. The van der Waals surface area contributed by atoms with Gasteiger partial charge >= 0.3 is 0 Å². The Labute approximate surface area is 112 Å². The van der Waals surface area contributed by atoms with Gasteiger partial charge in [0.1, 0.15) is 0 Å². The highest BCUT2D eigenvalue weighted by molar-refractivity contribution is 7.13. The van der Waals surface area contributed by atoms with Crippen LogP contribution in [0.25, 0.3) is 0 Å². The number of nitrogens with one attached hydrogen (secondary N) is 1. The van der Waals surface area contributed by atoms with E-state index in [1.165, 1.54) is 11.3 Å². The monoisotopic (exact) mass is 259 g/mol. The van der Waals surface area contributed by atoms with E-state index in [9.17, 15) is 4.79 Å². The third kappa shape index (κ3) is 2.99. The van der Waals surface area contributed by atoms with E-state index in [1.807, 2.05) is 49.4 Å². The van der Waals surface area contributed by atoms with E-state index >= 15 is 0 Å². The molecule has 2 rings (SSSR count). The average molecular weight is 259 g/mol. The summed E-state index contributed by atoms with van der Waals surface area (Å²) in [4.78, 5) is 14.0. The van der Waals surface area contributed by atoms with E-state index in [0.29, 0.717) is 0 Å². The zero-order valence-electron chi connectivity index (χ0n) is 10.6. The van der Waals surface area contributed by atoms with Crippen molar-refractivity contribution in [3.8, 4) is 0 Å². The number of amides is 1. The minimum atomic E-state index is 0.0174. The van der Waals surface area contributed by atoms with E-state index in [1.54, 1.807) is 0 Å². The molecule has 1 amide bonds. The fourth-order valence-electron chi connectivity index (χ4n) is 1.89. The highest BCUT2D eigenvalue weighted by atomic mass is 32.1. The third-order valence-corrected chi connectivity index (χ3v) is 3.88. The van der Waals surface area contributed by atoms with E-state index in [4.69, 9.17) is 0 Å². The van der Waals surface area contributed by atoms with Crippen LogP contribution in [-0.2, 0) is 0 Å². The normalized spacial score (nSPS) is 12.1. The second-order valence-corrected chi connectivity index (χ2v) is 5.54. The summed E-state index contributed by atoms with van der Waals surface area (Å²) >= 11 is 1.53. The van der Waals surface area contributed by atoms with Crippen molar-refractivity contribution in [1.29, 1.82) is 0 Å². The number of thiophene rings is 1. The van der Waals surface area contributed by atoms with Crippen LogP contribution in [0.15, 0.2) is 42.5 Å². The average Bonchev–Trinajstić information content (AvgIpc) is 2.83. The first-order valence-electron chi connectivity index (χ1n) is 6.13. The van der Waals surface area contributed by atoms with Crippen LogP contribution in [0.3, 0.4) is 0 Å². The minimum Gasteiger partial charge on any atom is -0.345 e. The van der Waals surface area contributed by atoms with Crippen molar-refractivity contribution in [2.45, 2.75) is 26.3 Å². The molecule has 18 heavy (non-hydrogen) atoms. The Morgan fingerprint density at radius 3 is 2.50 bits per heavy atom. The molecule has 1 atom stereocenters. The SMILES string of the molecule is CCC(NC(=O)c1ccc(C)s1)c1ccccc1. The van der Waals surface area contributed by atoms with Crippen LogP contribution in [0.2, 0.25) is 0 Å². The maximum Gasteiger partial charge on any atom is 0.261 e. The molecule has 2 aromatic rings. The van der Waals surface area contributed by atoms with Gasteiger partial charge in [-0.2, -0.15) is 0 Å². The van der Waals surface area contributed by atoms with Crippen molar-refractivity contribution >= 4 is 17.2 Å². The molecule has 0 aliphatic carbocycles. The lowest BCUT2D eigenvalue weighted by molar-refractivity contribution is 0.0939. The molecule has 3 heteroatoms. The second kappa shape index (κ2) is 5.83. The summed E-state index contributed by atoms with van der Waals surface area (Å²) in [6.07, 6.45) is 0.889. The van der Waals surface area contributed by atoms with Gasteiger partial charge in [-0.3, -0.25) is 4.79 Å². The molecule has 0 radical (unpaired) electrons. The van der Waals surface area contributed by atoms with Crippen molar-refractivity contribution in [3.05, 3.63) is 57.8 Å². The van der Waals surface area contributed by atoms with Gasteiger partial charge in [0.25, 0.3) is 5.91 Å². The van der Waals surface area contributed by atoms with Gasteiger partial charge in [0, 0.05) is 4.88 Å². The molecular formula is C15H17NOS. The first kappa shape index (κ1) is 12.8. The highest BCUT2D eigenvalue weighted by Crippen LogP contribution is 2.19. The number of hydrogen-bond donors (Lipinski definition) is 1. The molecule has 1 unspecified atom stereocenters. The first-order chi connectivity index (χ1) is 8.70. The van der Waals surface area contributed by atoms with Crippen LogP contribution in [0.1, 0.15) is 39.5 Å². The molecule has 1 aromatic heterocycles. The lowest BCUT2D eigenvalue weighted by atomic mass is 10.0. The molecule has 0 fully saturated rings. The number of rotatable bonds is 4. The molecule has 2 nitrogen and oxygen atoms in total. The maximum absolute atomic E-state index is 12.1. The number of hydrogen-bond acceptors (Lipinski definition) is 2. The van der Waals surface area contributed by atoms with Gasteiger partial charge in [-0.1, -0.05) is 37.3 Å². The summed E-state index contributed by atoms with van der Waals surface area (Å²) in [7, 11) is 0. The van der Waals surface area contributed by atoms with Gasteiger partial charge in [-0.05, 0) is 31.0 Å². The van der Waals surface area contributed by atoms with Crippen LogP contribution in [0.5, 0.6) is 0 Å². The molecule has 1 heterocycles. The van der Waals surface area contributed by atoms with Gasteiger partial charge in [0.05, 0.1) is 10.9 Å². The number of carbonyl (C=O) groups is 1. The summed E-state index contributed by atoms with van der Waals surface area (Å²) in [6, 6.07) is 14.0. The molecule has 0 saturated heterocycles. The first-order valence-corrected chi connectivity index (χ1v) is 6.94. The van der Waals surface area contributed by atoms with E-state index in [-0.39, 0.29) is 11.9 Å². The van der Waals surface area contributed by atoms with Crippen molar-refractivity contribution in [1.82, 2.24) is 5.32 Å². The van der Waals surface area contributed by atoms with Crippen molar-refractivity contribution in [3.63, 3.8) is 0 Å². The van der Waals surface area contributed by atoms with Crippen LogP contribution in [0.4, 0.5) is 0 Å². The largest absolute Gasteiger partial charge is 0.345 e. The van der Waals surface area contributed by atoms with E-state index < -0.39 is 0 Å². The molecule has 0 aliphatic heterocycles. The lowest BCUT2D eigenvalue weighted by Gasteiger charge is -2.16. The minimum absolute atomic E-state index is 0.0174. The predicted molar refractivity (Wildman–Crippen MR) is 76.0 cm³/mol. The van der Waals surface area contributed by atoms with Crippen LogP contribution in [0, 0.1) is 6.92 Å². The summed E-state index contributed by atoms with van der Waals surface area (Å²) in [5.41, 5.74) is 1.15. The smallest absolute Gasteiger partial charge is 0.261 e. The number of carbonyl (C=O) groups excluding carboxylic acids is 1. The molecule has 0 spiro atoms. The molecular weight excluding hydrogens is 242 g/mol. The zero-order chi connectivity index (χ0) is 13.0. The van der Waals surface area contributed by atoms with Gasteiger partial charge in [-0.25, -0.2) is 0 Å². The lowest BCUT2D eigenvalue weighted by Crippen LogP contribution is -2.27. The standard InChI is InChI=1S/C15H17NOS/c1-3-13(12-7-5-4-6-8-12)16-15(17)14-10-9-11(2)18-14/h4-10,13H,3H2,1-2H3,(H,16,17). The van der Waals surface area contributed by atoms with Crippen LogP contribution >= 0.6 is 11.3 Å². The molecule has 0 bridgehead atoms. The van der Waals surface area contributed by atoms with Crippen LogP contribution < -0.4 is 5.32 Å². The Kier molecular flexibility index (Phi) is 4.15. The summed E-state index contributed by atoms with van der Waals surface area (Å²) in [5, 5.41) is 3.08. The van der Waals surface area contributed by atoms with Gasteiger partial charge in [0.2, 0.25) is 0 Å². The Morgan fingerprint density at radius 2 is 1.94 bits per heavy atom. The van der Waals surface area contributed by atoms with Crippen molar-refractivity contribution < 1.29 is 4.79 Å². The predicted octanol–water partition coefficient (Wildman–Crippen LogP) is 3.94. The van der Waals surface area contributed by atoms with Crippen molar-refractivity contribution in [2.75, 3.05) is 0 Å². The molecule has 1 N–H and O–H groups in total. The van der Waals surface area contributed by atoms with Crippen LogP contribution in [-0.4, -0.2) is 5.91 Å². The van der Waals surface area contributed by atoms with Gasteiger partial charge < -0.3 is 5.32 Å². The second-order valence-electron chi connectivity index (χ2n) is 4.26. The fourth-order valence-corrected chi connectivity index (χ4v) is 2.66. The summed E-state index contributed by atoms with van der Waals surface area (Å²) in [6.45, 7) is 4.09. The maximum atomic E-state index is 12.1. The summed E-state index contributed by atoms with van der Waals surface area (Å²) in [5.74, 6) is 0.0174. The number of aryl methyl sites for hydroxylation is 1. The topological polar surface area (TPSA) is 29.1 Å². The highest BCUT2D eigenvalue weighted by Gasteiger charge is 2.14. The van der Waals surface area contributed by atoms with E-state index in [0.717, 1.165) is 21.7 Å². The quantitative estimate of drug-likeness (QED) is 0.885. The van der Waals surface area contributed by atoms with Crippen molar-refractivity contribution in [2.24, 2.45) is 0 Å². The van der Waals surface area contributed by atoms with Gasteiger partial charge in [0.15, 0.2) is 0 Å². The number of benzene rings is 1. The Morgan fingerprint density at radius 1 is 1.22 bits per heavy atom. The van der Waals surface area contributed by atoms with Gasteiger partial charge in [-0.15, -0.1) is 11.3 Å². The molecule has 0 aliphatic rings.